The summed E-state index contributed by atoms with van der Waals surface area (Å²) in [5.74, 6) is -1.42. The number of carbonyl (C=O) groups is 1. The van der Waals surface area contributed by atoms with Gasteiger partial charge in [0.05, 0.1) is 49.7 Å². The van der Waals surface area contributed by atoms with Gasteiger partial charge in [-0.05, 0) is 38.8 Å². The van der Waals surface area contributed by atoms with Crippen LogP contribution in [0.3, 0.4) is 0 Å². The summed E-state index contributed by atoms with van der Waals surface area (Å²) in [4.78, 5) is 19.0. The van der Waals surface area contributed by atoms with Crippen molar-refractivity contribution in [2.75, 3.05) is 11.4 Å². The lowest BCUT2D eigenvalue weighted by molar-refractivity contribution is -0.137. The van der Waals surface area contributed by atoms with Crippen LogP contribution in [0.4, 0.5) is 18.9 Å². The third kappa shape index (κ3) is 3.76. The van der Waals surface area contributed by atoms with Gasteiger partial charge in [-0.2, -0.15) is 18.3 Å². The normalized spacial score (nSPS) is 22.7. The number of fused-ring (bicyclic) bond motifs is 3. The van der Waals surface area contributed by atoms with Crippen LogP contribution in [0.2, 0.25) is 0 Å². The zero-order chi connectivity index (χ0) is 26.4. The lowest BCUT2D eigenvalue weighted by Gasteiger charge is -2.39. The number of hydrogen-bond acceptors (Lipinski definition) is 6. The van der Waals surface area contributed by atoms with Crippen molar-refractivity contribution in [3.63, 3.8) is 0 Å². The number of alkyl halides is 3. The van der Waals surface area contributed by atoms with Crippen molar-refractivity contribution >= 4 is 27.6 Å². The van der Waals surface area contributed by atoms with Crippen LogP contribution in [0.25, 0.3) is 0 Å². The van der Waals surface area contributed by atoms with Gasteiger partial charge in [-0.3, -0.25) is 19.4 Å². The molecule has 1 saturated carbocycles. The molecule has 3 aliphatic rings. The summed E-state index contributed by atoms with van der Waals surface area (Å²) in [6, 6.07) is 0.759. The molecule has 13 heteroatoms. The first-order chi connectivity index (χ1) is 16.6. The quantitative estimate of drug-likeness (QED) is 0.683. The third-order valence-corrected chi connectivity index (χ3v) is 7.67. The Balaban J connectivity index is 1.74. The molecule has 1 N–H and O–H groups in total. The summed E-state index contributed by atoms with van der Waals surface area (Å²) in [6.07, 6.45) is -1.39. The van der Waals surface area contributed by atoms with Gasteiger partial charge in [0, 0.05) is 24.3 Å². The molecule has 2 aromatic rings. The van der Waals surface area contributed by atoms with E-state index in [-0.39, 0.29) is 18.1 Å². The number of rotatable bonds is 5. The number of benzene rings is 1. The molecule has 34 heavy (non-hydrogen) atoms. The number of nitrogens with one attached hydrogen (secondary N) is 1. The number of sulfonamides is 1. The smallest absolute Gasteiger partial charge is 0.306 e. The van der Waals surface area contributed by atoms with Gasteiger partial charge in [0.15, 0.2) is 0 Å². The largest absolute Gasteiger partial charge is 0.418 e. The predicted octanol–water partition coefficient (Wildman–Crippen LogP) is 2.49. The summed E-state index contributed by atoms with van der Waals surface area (Å²) < 4.78 is 90.1. The number of anilines is 1. The lowest BCUT2D eigenvalue weighted by atomic mass is 10.0. The fraction of sp³-hybridized carbons (Fsp3) is 0.476. The van der Waals surface area contributed by atoms with Gasteiger partial charge in [-0.25, -0.2) is 13.1 Å². The summed E-state index contributed by atoms with van der Waals surface area (Å²) in [5.41, 5.74) is -3.20. The maximum Gasteiger partial charge on any atom is 0.418 e. The fourth-order valence-corrected chi connectivity index (χ4v) is 5.58. The van der Waals surface area contributed by atoms with Gasteiger partial charge >= 0.3 is 6.18 Å². The van der Waals surface area contributed by atoms with Crippen molar-refractivity contribution in [2.45, 2.75) is 55.8 Å². The highest BCUT2D eigenvalue weighted by molar-refractivity contribution is 7.89. The second kappa shape index (κ2) is 7.28. The highest BCUT2D eigenvalue weighted by Crippen LogP contribution is 2.45. The molecule has 0 radical (unpaired) electrons. The molecule has 0 spiro atoms. The van der Waals surface area contributed by atoms with Crippen molar-refractivity contribution in [1.29, 1.82) is 0 Å². The molecule has 2 aliphatic heterocycles. The van der Waals surface area contributed by atoms with Gasteiger partial charge in [0.2, 0.25) is 16.0 Å². The van der Waals surface area contributed by atoms with Gasteiger partial charge in [-0.15, -0.1) is 0 Å². The highest BCUT2D eigenvalue weighted by Gasteiger charge is 2.48. The van der Waals surface area contributed by atoms with E-state index in [1.807, 2.05) is 0 Å². The highest BCUT2D eigenvalue weighted by atomic mass is 32.2. The Bertz CT molecular complexity index is 1420. The van der Waals surface area contributed by atoms with E-state index in [1.54, 1.807) is 20.9 Å². The fourth-order valence-electron chi connectivity index (χ4n) is 4.06. The molecule has 1 aromatic carbocycles. The number of aliphatic imine (C=N–C) groups is 1. The molecule has 182 valence electrons. The monoisotopic (exact) mass is 498 g/mol. The van der Waals surface area contributed by atoms with E-state index in [0.29, 0.717) is 23.8 Å². The number of hydrogen-bond donors (Lipinski definition) is 1. The maximum atomic E-state index is 14.3. The van der Waals surface area contributed by atoms with E-state index >= 15 is 0 Å². The number of aryl methyl sites for hydroxylation is 1. The van der Waals surface area contributed by atoms with Gasteiger partial charge < -0.3 is 4.90 Å². The summed E-state index contributed by atoms with van der Waals surface area (Å²) in [5, 5.41) is 3.93. The molecule has 3 heterocycles. The van der Waals surface area contributed by atoms with Crippen LogP contribution in [-0.4, -0.2) is 53.1 Å². The van der Waals surface area contributed by atoms with E-state index in [4.69, 9.17) is 2.74 Å². The van der Waals surface area contributed by atoms with Crippen LogP contribution >= 0.6 is 0 Å². The molecule has 1 aromatic heterocycles. The minimum atomic E-state index is -5.00. The minimum Gasteiger partial charge on any atom is -0.306 e. The van der Waals surface area contributed by atoms with Crippen molar-refractivity contribution in [2.24, 2.45) is 12.0 Å². The number of halogens is 3. The predicted molar refractivity (Wildman–Crippen MR) is 117 cm³/mol. The second-order valence-electron chi connectivity index (χ2n) is 9.05. The average molecular weight is 499 g/mol. The van der Waals surface area contributed by atoms with Crippen molar-refractivity contribution in [3.05, 3.63) is 41.2 Å². The Kier molecular flexibility index (Phi) is 4.38. The average Bonchev–Trinajstić information content (AvgIpc) is 3.13. The first kappa shape index (κ1) is 20.4. The van der Waals surface area contributed by atoms with Crippen molar-refractivity contribution in [1.82, 2.24) is 19.4 Å². The zero-order valence-corrected chi connectivity index (χ0v) is 19.3. The molecule has 0 unspecified atom stereocenters. The van der Waals surface area contributed by atoms with Crippen molar-refractivity contribution < 1.29 is 29.1 Å². The Labute approximate surface area is 197 Å². The second-order valence-corrected chi connectivity index (χ2v) is 10.7. The number of carbonyl (C=O) groups excluding carboxylic acids is 1. The van der Waals surface area contributed by atoms with E-state index < -0.39 is 61.9 Å². The number of amides is 1. The molecule has 0 bridgehead atoms. The van der Waals surface area contributed by atoms with Gasteiger partial charge in [-0.1, -0.05) is 0 Å². The first-order valence-corrected chi connectivity index (χ1v) is 12.0. The third-order valence-electron chi connectivity index (χ3n) is 6.05. The topological polar surface area (TPSA) is 99.9 Å². The Hall–Kier alpha value is -2.93. The van der Waals surface area contributed by atoms with Crippen LogP contribution in [0.5, 0.6) is 0 Å². The van der Waals surface area contributed by atoms with Crippen LogP contribution in [0.15, 0.2) is 34.4 Å². The van der Waals surface area contributed by atoms with E-state index in [1.165, 1.54) is 17.1 Å². The van der Waals surface area contributed by atoms with Crippen LogP contribution in [0.1, 0.15) is 50.9 Å². The molecule has 1 amide bonds. The molecule has 1 aliphatic carbocycles. The minimum absolute atomic E-state index is 0.0128. The van der Waals surface area contributed by atoms with Gasteiger partial charge in [0.25, 0.3) is 5.91 Å². The molecule has 1 fully saturated rings. The Morgan fingerprint density at radius 1 is 1.32 bits per heavy atom. The molecule has 1 atom stereocenters. The molecular formula is C21H23F3N6O3S. The molecule has 0 saturated heterocycles. The number of nitrogens with zero attached hydrogens (tertiary/aromatic N) is 5. The van der Waals surface area contributed by atoms with E-state index in [2.05, 4.69) is 14.8 Å². The SMILES string of the molecule is [2H]C([2H])(c1cnn(C)c1)N1C(=O)c2cc(S(=O)(=O)NC3(C)CC3)cc(C(F)(F)F)c2N2C1=NC[C@H]2C. The van der Waals surface area contributed by atoms with Crippen molar-refractivity contribution in [3.8, 4) is 0 Å². The molecule has 9 nitrogen and oxygen atoms in total. The molecule has 5 rings (SSSR count). The number of aromatic nitrogens is 2. The van der Waals surface area contributed by atoms with Crippen LogP contribution < -0.4 is 9.62 Å². The van der Waals surface area contributed by atoms with Crippen LogP contribution in [-0.2, 0) is 29.7 Å². The summed E-state index contributed by atoms with van der Waals surface area (Å²) >= 11 is 0. The number of guanidine groups is 1. The Morgan fingerprint density at radius 2 is 2.03 bits per heavy atom. The maximum absolute atomic E-state index is 14.3. The standard InChI is InChI=1S/C21H23F3N6O3S/c1-12-8-25-19-29(11-13-9-26-28(3)10-13)18(31)15-6-14(34(32,33)27-20(2)4-5-20)7-16(21(22,23)24)17(15)30(12)19/h6-7,9-10,12,27H,4-5,8,11H2,1-3H3/t12-/m1/s1/i11D2. The Morgan fingerprint density at radius 3 is 2.62 bits per heavy atom. The summed E-state index contributed by atoms with van der Waals surface area (Å²) in [6.45, 7) is 0.696. The zero-order valence-electron chi connectivity index (χ0n) is 20.5. The van der Waals surface area contributed by atoms with Gasteiger partial charge in [0.1, 0.15) is 0 Å². The van der Waals surface area contributed by atoms with E-state index in [9.17, 15) is 26.4 Å². The van der Waals surface area contributed by atoms with E-state index in [0.717, 1.165) is 11.0 Å². The van der Waals surface area contributed by atoms with Crippen LogP contribution in [0, 0.1) is 0 Å². The first-order valence-electron chi connectivity index (χ1n) is 11.5. The molecular weight excluding hydrogens is 473 g/mol. The lowest BCUT2D eigenvalue weighted by Crippen LogP contribution is -2.52. The summed E-state index contributed by atoms with van der Waals surface area (Å²) in [7, 11) is -2.86.